The number of nitrogens with one attached hydrogen (secondary N) is 1. The van der Waals surface area contributed by atoms with Gasteiger partial charge in [-0.1, -0.05) is 19.1 Å². The topological polar surface area (TPSA) is 97.1 Å². The molecule has 0 aliphatic rings. The normalized spacial score (nSPS) is 12.6. The van der Waals surface area contributed by atoms with Gasteiger partial charge in [0.15, 0.2) is 0 Å². The van der Waals surface area contributed by atoms with E-state index >= 15 is 0 Å². The molecule has 0 radical (unpaired) electrons. The number of carbonyl (C=O) groups is 2. The predicted molar refractivity (Wildman–Crippen MR) is 77.0 cm³/mol. The van der Waals surface area contributed by atoms with E-state index in [2.05, 4.69) is 15.6 Å². The predicted octanol–water partition coefficient (Wildman–Crippen LogP) is 1.46. The number of aromatic carboxylic acids is 1. The largest absolute Gasteiger partial charge is 0.478 e. The molecule has 2 rings (SSSR count). The van der Waals surface area contributed by atoms with Crippen molar-refractivity contribution in [3.63, 3.8) is 0 Å². The molecule has 1 unspecified atom stereocenters. The first-order valence-corrected chi connectivity index (χ1v) is 6.76. The van der Waals surface area contributed by atoms with Crippen LogP contribution in [0.15, 0.2) is 18.2 Å². The summed E-state index contributed by atoms with van der Waals surface area (Å²) in [5, 5.41) is 19.8. The molecular weight excluding hydrogens is 272 g/mol. The molecule has 1 heterocycles. The number of rotatable bonds is 5. The van der Waals surface area contributed by atoms with Crippen LogP contribution in [0.25, 0.3) is 11.0 Å². The maximum atomic E-state index is 12.1. The molecule has 0 aliphatic carbocycles. The van der Waals surface area contributed by atoms with Crippen molar-refractivity contribution in [2.24, 2.45) is 5.92 Å². The highest BCUT2D eigenvalue weighted by Crippen LogP contribution is 2.17. The quantitative estimate of drug-likeness (QED) is 0.869. The maximum absolute atomic E-state index is 12.1. The van der Waals surface area contributed by atoms with Crippen LogP contribution < -0.4 is 5.32 Å². The molecule has 0 bridgehead atoms. The molecule has 0 spiro atoms. The lowest BCUT2D eigenvalue weighted by Crippen LogP contribution is -2.33. The van der Waals surface area contributed by atoms with Crippen molar-refractivity contribution in [3.05, 3.63) is 23.8 Å². The molecule has 0 saturated carbocycles. The van der Waals surface area contributed by atoms with Gasteiger partial charge in [0.1, 0.15) is 11.6 Å². The van der Waals surface area contributed by atoms with Gasteiger partial charge >= 0.3 is 5.97 Å². The molecule has 112 valence electrons. The smallest absolute Gasteiger partial charge is 0.335 e. The van der Waals surface area contributed by atoms with E-state index in [1.165, 1.54) is 16.8 Å². The molecule has 21 heavy (non-hydrogen) atoms. The van der Waals surface area contributed by atoms with E-state index in [0.717, 1.165) is 0 Å². The number of carbonyl (C=O) groups excluding carboxylic acids is 1. The van der Waals surface area contributed by atoms with Crippen LogP contribution in [0.4, 0.5) is 0 Å². The van der Waals surface area contributed by atoms with Crippen molar-refractivity contribution in [2.75, 3.05) is 6.54 Å². The number of aromatic nitrogens is 3. The van der Waals surface area contributed by atoms with Gasteiger partial charge in [0.2, 0.25) is 5.91 Å². The Balaban J connectivity index is 2.30. The van der Waals surface area contributed by atoms with Gasteiger partial charge in [-0.25, -0.2) is 9.48 Å². The fourth-order valence-corrected chi connectivity index (χ4v) is 1.92. The molecule has 7 heteroatoms. The summed E-state index contributed by atoms with van der Waals surface area (Å²) in [5.41, 5.74) is 1.23. The lowest BCUT2D eigenvalue weighted by atomic mass is 10.2. The summed E-state index contributed by atoms with van der Waals surface area (Å²) in [6.45, 7) is 6.30. The summed E-state index contributed by atoms with van der Waals surface area (Å²) in [6, 6.07) is 3.97. The minimum atomic E-state index is -1.03. The third-order valence-electron chi connectivity index (χ3n) is 3.15. The first-order valence-electron chi connectivity index (χ1n) is 6.76. The van der Waals surface area contributed by atoms with Crippen LogP contribution in [-0.4, -0.2) is 38.5 Å². The van der Waals surface area contributed by atoms with Crippen LogP contribution in [0, 0.1) is 5.92 Å². The van der Waals surface area contributed by atoms with Crippen LogP contribution in [0.5, 0.6) is 0 Å². The van der Waals surface area contributed by atoms with Gasteiger partial charge in [0.25, 0.3) is 0 Å². The fourth-order valence-electron chi connectivity index (χ4n) is 1.92. The molecule has 0 saturated heterocycles. The maximum Gasteiger partial charge on any atom is 0.335 e. The first-order chi connectivity index (χ1) is 9.90. The molecule has 2 N–H and O–H groups in total. The molecule has 0 fully saturated rings. The average Bonchev–Trinajstić information content (AvgIpc) is 2.86. The average molecular weight is 290 g/mol. The third-order valence-corrected chi connectivity index (χ3v) is 3.15. The second kappa shape index (κ2) is 5.90. The Morgan fingerprint density at radius 2 is 2.05 bits per heavy atom. The molecule has 1 aromatic carbocycles. The van der Waals surface area contributed by atoms with E-state index in [1.807, 2.05) is 13.8 Å². The van der Waals surface area contributed by atoms with Crippen molar-refractivity contribution < 1.29 is 14.7 Å². The number of nitrogens with zero attached hydrogens (tertiary/aromatic N) is 3. The van der Waals surface area contributed by atoms with Gasteiger partial charge < -0.3 is 10.4 Å². The Morgan fingerprint density at radius 1 is 1.33 bits per heavy atom. The van der Waals surface area contributed by atoms with E-state index in [-0.39, 0.29) is 11.5 Å². The lowest BCUT2D eigenvalue weighted by molar-refractivity contribution is -0.124. The van der Waals surface area contributed by atoms with Gasteiger partial charge in [-0.3, -0.25) is 4.79 Å². The zero-order valence-corrected chi connectivity index (χ0v) is 12.2. The number of carboxylic acid groups (broad SMARTS) is 1. The minimum absolute atomic E-state index is 0.140. The zero-order valence-electron chi connectivity index (χ0n) is 12.2. The third kappa shape index (κ3) is 3.18. The second-order valence-corrected chi connectivity index (χ2v) is 5.36. The Morgan fingerprint density at radius 3 is 2.67 bits per heavy atom. The second-order valence-electron chi connectivity index (χ2n) is 5.36. The van der Waals surface area contributed by atoms with E-state index < -0.39 is 12.0 Å². The van der Waals surface area contributed by atoms with Crippen molar-refractivity contribution in [2.45, 2.75) is 26.8 Å². The summed E-state index contributed by atoms with van der Waals surface area (Å²) in [7, 11) is 0. The van der Waals surface area contributed by atoms with Crippen molar-refractivity contribution in [3.8, 4) is 0 Å². The van der Waals surface area contributed by atoms with E-state index in [9.17, 15) is 9.59 Å². The molecule has 1 amide bonds. The van der Waals surface area contributed by atoms with Crippen LogP contribution in [0.3, 0.4) is 0 Å². The van der Waals surface area contributed by atoms with Gasteiger partial charge in [-0.15, -0.1) is 5.10 Å². The number of carboxylic acids is 1. The number of hydrogen-bond acceptors (Lipinski definition) is 4. The fraction of sp³-hybridized carbons (Fsp3) is 0.429. The standard InChI is InChI=1S/C14H18N4O3/c1-8(2)7-15-13(19)9(3)18-12-6-10(14(20)21)4-5-11(12)16-17-18/h4-6,8-9H,7H2,1-3H3,(H,15,19)(H,20,21). The number of fused-ring (bicyclic) bond motifs is 1. The summed E-state index contributed by atoms with van der Waals surface area (Å²) < 4.78 is 1.44. The van der Waals surface area contributed by atoms with Gasteiger partial charge in [-0.2, -0.15) is 0 Å². The van der Waals surface area contributed by atoms with Crippen molar-refractivity contribution in [1.29, 1.82) is 0 Å². The Bertz CT molecular complexity index is 678. The van der Waals surface area contributed by atoms with Crippen LogP contribution in [-0.2, 0) is 4.79 Å². The monoisotopic (exact) mass is 290 g/mol. The molecule has 0 aliphatic heterocycles. The number of benzene rings is 1. The molecule has 7 nitrogen and oxygen atoms in total. The lowest BCUT2D eigenvalue weighted by Gasteiger charge is -2.14. The number of amides is 1. The highest BCUT2D eigenvalue weighted by atomic mass is 16.4. The van der Waals surface area contributed by atoms with Crippen LogP contribution in [0.1, 0.15) is 37.2 Å². The van der Waals surface area contributed by atoms with Gasteiger partial charge in [-0.05, 0) is 31.0 Å². The SMILES string of the molecule is CC(C)CNC(=O)C(C)n1nnc2ccc(C(=O)O)cc21. The van der Waals surface area contributed by atoms with E-state index in [4.69, 9.17) is 5.11 Å². The zero-order chi connectivity index (χ0) is 15.6. The summed E-state index contributed by atoms with van der Waals surface area (Å²) in [6.07, 6.45) is 0. The van der Waals surface area contributed by atoms with Gasteiger partial charge in [0, 0.05) is 6.54 Å². The van der Waals surface area contributed by atoms with Crippen LogP contribution >= 0.6 is 0 Å². The summed E-state index contributed by atoms with van der Waals surface area (Å²) in [4.78, 5) is 23.1. The molecule has 2 aromatic rings. The van der Waals surface area contributed by atoms with E-state index in [1.54, 1.807) is 13.0 Å². The first kappa shape index (κ1) is 15.0. The highest BCUT2D eigenvalue weighted by molar-refractivity contribution is 5.92. The molecule has 1 aromatic heterocycles. The summed E-state index contributed by atoms with van der Waals surface area (Å²) in [5.74, 6) is -0.843. The van der Waals surface area contributed by atoms with Crippen LogP contribution in [0.2, 0.25) is 0 Å². The highest BCUT2D eigenvalue weighted by Gasteiger charge is 2.19. The molecule has 1 atom stereocenters. The Hall–Kier alpha value is -2.44. The van der Waals surface area contributed by atoms with Crippen molar-refractivity contribution >= 4 is 22.9 Å². The minimum Gasteiger partial charge on any atom is -0.478 e. The van der Waals surface area contributed by atoms with Crippen molar-refractivity contribution in [1.82, 2.24) is 20.3 Å². The van der Waals surface area contributed by atoms with E-state index in [0.29, 0.717) is 23.5 Å². The Kier molecular flexibility index (Phi) is 4.21. The summed E-state index contributed by atoms with van der Waals surface area (Å²) >= 11 is 0. The van der Waals surface area contributed by atoms with Gasteiger partial charge in [0.05, 0.1) is 11.1 Å². The Labute approximate surface area is 121 Å². The number of hydrogen-bond donors (Lipinski definition) is 2. The molecular formula is C14H18N4O3.